The number of rotatable bonds is 3. The Hall–Kier alpha value is -0.850. The number of aromatic nitrogens is 1. The third-order valence-electron chi connectivity index (χ3n) is 1.99. The largest absolute Gasteiger partial charge is 0.417 e. The Morgan fingerprint density at radius 1 is 1.50 bits per heavy atom. The molecule has 1 heterocycles. The van der Waals surface area contributed by atoms with Gasteiger partial charge in [-0.1, -0.05) is 11.6 Å². The Morgan fingerprint density at radius 3 is 2.62 bits per heavy atom. The lowest BCUT2D eigenvalue weighted by Crippen LogP contribution is -2.11. The zero-order valence-corrected chi connectivity index (χ0v) is 8.89. The van der Waals surface area contributed by atoms with Crippen LogP contribution in [0.1, 0.15) is 23.7 Å². The van der Waals surface area contributed by atoms with Crippen molar-refractivity contribution < 1.29 is 18.3 Å². The van der Waals surface area contributed by atoms with Crippen LogP contribution < -0.4 is 5.73 Å². The summed E-state index contributed by atoms with van der Waals surface area (Å²) in [6.45, 7) is 0.147. The fourth-order valence-corrected chi connectivity index (χ4v) is 1.40. The Balaban J connectivity index is 3.09. The summed E-state index contributed by atoms with van der Waals surface area (Å²) in [7, 11) is 0. The predicted octanol–water partition coefficient (Wildman–Crippen LogP) is 2.14. The summed E-state index contributed by atoms with van der Waals surface area (Å²) >= 11 is 5.60. The minimum absolute atomic E-state index is 0.0538. The van der Waals surface area contributed by atoms with E-state index in [0.717, 1.165) is 6.07 Å². The van der Waals surface area contributed by atoms with Crippen molar-refractivity contribution in [3.8, 4) is 0 Å². The number of nitrogens with two attached hydrogens (primary N) is 1. The van der Waals surface area contributed by atoms with Gasteiger partial charge in [0.25, 0.3) is 0 Å². The average Bonchev–Trinajstić information content (AvgIpc) is 2.16. The van der Waals surface area contributed by atoms with Crippen molar-refractivity contribution in [1.82, 2.24) is 4.98 Å². The normalized spacial score (nSPS) is 13.9. The van der Waals surface area contributed by atoms with Crippen molar-refractivity contribution in [2.24, 2.45) is 5.73 Å². The maximum Gasteiger partial charge on any atom is 0.417 e. The Morgan fingerprint density at radius 2 is 2.12 bits per heavy atom. The van der Waals surface area contributed by atoms with Crippen LogP contribution in [0.25, 0.3) is 0 Å². The number of pyridine rings is 1. The van der Waals surface area contributed by atoms with Gasteiger partial charge in [0.05, 0.1) is 11.7 Å². The van der Waals surface area contributed by atoms with Gasteiger partial charge >= 0.3 is 6.18 Å². The Labute approximate surface area is 95.0 Å². The molecule has 1 aromatic rings. The topological polar surface area (TPSA) is 59.1 Å². The minimum Gasteiger partial charge on any atom is -0.388 e. The Kier molecular flexibility index (Phi) is 4.12. The lowest BCUT2D eigenvalue weighted by atomic mass is 10.1. The van der Waals surface area contributed by atoms with Crippen molar-refractivity contribution in [3.63, 3.8) is 0 Å². The van der Waals surface area contributed by atoms with Crippen molar-refractivity contribution in [3.05, 3.63) is 28.5 Å². The van der Waals surface area contributed by atoms with Crippen LogP contribution in [0.15, 0.2) is 12.3 Å². The fraction of sp³-hybridized carbons (Fsp3) is 0.444. The van der Waals surface area contributed by atoms with Gasteiger partial charge < -0.3 is 10.8 Å². The number of aliphatic hydroxyl groups excluding tert-OH is 1. The van der Waals surface area contributed by atoms with Crippen LogP contribution >= 0.6 is 11.6 Å². The molecule has 0 radical (unpaired) electrons. The Bertz CT molecular complexity index is 370. The highest BCUT2D eigenvalue weighted by atomic mass is 35.5. The molecule has 0 aliphatic carbocycles. The second kappa shape index (κ2) is 4.99. The molecule has 1 rings (SSSR count). The van der Waals surface area contributed by atoms with E-state index in [1.807, 2.05) is 0 Å². The van der Waals surface area contributed by atoms with E-state index in [1.54, 1.807) is 0 Å². The first-order valence-electron chi connectivity index (χ1n) is 4.47. The van der Waals surface area contributed by atoms with Crippen molar-refractivity contribution in [1.29, 1.82) is 0 Å². The SMILES string of the molecule is NCC[C@H](O)c1cc(C(F)(F)F)cnc1Cl. The summed E-state index contributed by atoms with van der Waals surface area (Å²) in [6.07, 6.45) is -4.88. The predicted molar refractivity (Wildman–Crippen MR) is 52.9 cm³/mol. The number of aliphatic hydroxyl groups is 1. The van der Waals surface area contributed by atoms with E-state index in [4.69, 9.17) is 17.3 Å². The van der Waals surface area contributed by atoms with Crippen LogP contribution in [0, 0.1) is 0 Å². The summed E-state index contributed by atoms with van der Waals surface area (Å²) in [5, 5.41) is 9.38. The van der Waals surface area contributed by atoms with Crippen LogP contribution in [0.2, 0.25) is 5.15 Å². The molecule has 90 valence electrons. The number of halogens is 4. The highest BCUT2D eigenvalue weighted by Crippen LogP contribution is 2.32. The maximum absolute atomic E-state index is 12.4. The summed E-state index contributed by atoms with van der Waals surface area (Å²) in [5.74, 6) is 0. The van der Waals surface area contributed by atoms with E-state index in [9.17, 15) is 18.3 Å². The number of nitrogens with zero attached hydrogens (tertiary/aromatic N) is 1. The molecule has 0 aliphatic rings. The third kappa shape index (κ3) is 3.07. The molecular formula is C9H10ClF3N2O. The molecular weight excluding hydrogens is 245 g/mol. The minimum atomic E-state index is -4.51. The van der Waals surface area contributed by atoms with Crippen LogP contribution in [-0.2, 0) is 6.18 Å². The van der Waals surface area contributed by atoms with Gasteiger partial charge in [-0.2, -0.15) is 13.2 Å². The zero-order chi connectivity index (χ0) is 12.3. The lowest BCUT2D eigenvalue weighted by molar-refractivity contribution is -0.137. The van der Waals surface area contributed by atoms with E-state index < -0.39 is 17.8 Å². The highest BCUT2D eigenvalue weighted by Gasteiger charge is 2.32. The quantitative estimate of drug-likeness (QED) is 0.813. The van der Waals surface area contributed by atoms with Crippen molar-refractivity contribution in [2.45, 2.75) is 18.7 Å². The van der Waals surface area contributed by atoms with Crippen LogP contribution in [-0.4, -0.2) is 16.6 Å². The number of alkyl halides is 3. The van der Waals surface area contributed by atoms with Crippen LogP contribution in [0.5, 0.6) is 0 Å². The molecule has 3 nitrogen and oxygen atoms in total. The van der Waals surface area contributed by atoms with Crippen LogP contribution in [0.4, 0.5) is 13.2 Å². The summed E-state index contributed by atoms with van der Waals surface area (Å²) in [6, 6.07) is 0.787. The van der Waals surface area contributed by atoms with E-state index in [-0.39, 0.29) is 23.7 Å². The molecule has 0 aromatic carbocycles. The van der Waals surface area contributed by atoms with Gasteiger partial charge in [-0.05, 0) is 19.0 Å². The molecule has 0 saturated heterocycles. The van der Waals surface area contributed by atoms with Gasteiger partial charge in [0.1, 0.15) is 5.15 Å². The lowest BCUT2D eigenvalue weighted by Gasteiger charge is -2.13. The highest BCUT2D eigenvalue weighted by molar-refractivity contribution is 6.30. The first-order chi connectivity index (χ1) is 7.36. The smallest absolute Gasteiger partial charge is 0.388 e. The molecule has 7 heteroatoms. The molecule has 0 amide bonds. The van der Waals surface area contributed by atoms with Gasteiger partial charge in [-0.3, -0.25) is 0 Å². The van der Waals surface area contributed by atoms with Crippen molar-refractivity contribution in [2.75, 3.05) is 6.54 Å². The van der Waals surface area contributed by atoms with Gasteiger partial charge in [0.2, 0.25) is 0 Å². The molecule has 1 aromatic heterocycles. The van der Waals surface area contributed by atoms with Gasteiger partial charge in [-0.25, -0.2) is 4.98 Å². The molecule has 3 N–H and O–H groups in total. The van der Waals surface area contributed by atoms with Gasteiger partial charge in [-0.15, -0.1) is 0 Å². The van der Waals surface area contributed by atoms with E-state index in [1.165, 1.54) is 0 Å². The fourth-order valence-electron chi connectivity index (χ4n) is 1.17. The number of hydrogen-bond donors (Lipinski definition) is 2. The standard InChI is InChI=1S/C9H10ClF3N2O/c10-8-6(7(16)1-2-14)3-5(4-15-8)9(11,12)13/h3-4,7,16H,1-2,14H2/t7-/m0/s1. The van der Waals surface area contributed by atoms with E-state index in [2.05, 4.69) is 4.98 Å². The molecule has 0 spiro atoms. The first kappa shape index (κ1) is 13.2. The van der Waals surface area contributed by atoms with Crippen LogP contribution in [0.3, 0.4) is 0 Å². The molecule has 0 saturated carbocycles. The summed E-state index contributed by atoms with van der Waals surface area (Å²) in [5.41, 5.74) is 4.20. The average molecular weight is 255 g/mol. The maximum atomic E-state index is 12.4. The second-order valence-corrected chi connectivity index (χ2v) is 3.55. The second-order valence-electron chi connectivity index (χ2n) is 3.19. The molecule has 0 fully saturated rings. The molecule has 16 heavy (non-hydrogen) atoms. The molecule has 0 bridgehead atoms. The summed E-state index contributed by atoms with van der Waals surface area (Å²) in [4.78, 5) is 3.39. The molecule has 0 aliphatic heterocycles. The van der Waals surface area contributed by atoms with Crippen molar-refractivity contribution >= 4 is 11.6 Å². The number of hydrogen-bond acceptors (Lipinski definition) is 3. The first-order valence-corrected chi connectivity index (χ1v) is 4.85. The van der Waals surface area contributed by atoms with Gasteiger partial charge in [0, 0.05) is 11.8 Å². The van der Waals surface area contributed by atoms with E-state index in [0.29, 0.717) is 6.20 Å². The zero-order valence-electron chi connectivity index (χ0n) is 8.13. The molecule has 0 unspecified atom stereocenters. The van der Waals surface area contributed by atoms with E-state index >= 15 is 0 Å². The summed E-state index contributed by atoms with van der Waals surface area (Å²) < 4.78 is 37.1. The molecule has 1 atom stereocenters. The third-order valence-corrected chi connectivity index (χ3v) is 2.31. The monoisotopic (exact) mass is 254 g/mol. The van der Waals surface area contributed by atoms with Gasteiger partial charge in [0.15, 0.2) is 0 Å².